The first kappa shape index (κ1) is 9.01. The molecule has 1 aliphatic rings. The number of rotatable bonds is 4. The van der Waals surface area contributed by atoms with Crippen molar-refractivity contribution in [3.63, 3.8) is 0 Å². The van der Waals surface area contributed by atoms with E-state index in [0.717, 1.165) is 6.42 Å². The second kappa shape index (κ2) is 3.55. The third kappa shape index (κ3) is 2.46. The van der Waals surface area contributed by atoms with E-state index < -0.39 is 0 Å². The van der Waals surface area contributed by atoms with Gasteiger partial charge in [0.2, 0.25) is 0 Å². The fraction of sp³-hybridized carbons (Fsp3) is 1.00. The van der Waals surface area contributed by atoms with Crippen molar-refractivity contribution in [3.8, 4) is 0 Å². The van der Waals surface area contributed by atoms with E-state index in [-0.39, 0.29) is 12.6 Å². The van der Waals surface area contributed by atoms with Gasteiger partial charge in [-0.15, -0.1) is 0 Å². The smallest absolute Gasteiger partial charge is 0.0582 e. The van der Waals surface area contributed by atoms with Crippen LogP contribution in [-0.4, -0.2) is 17.8 Å². The molecule has 1 atom stereocenters. The van der Waals surface area contributed by atoms with Gasteiger partial charge in [0.15, 0.2) is 0 Å². The molecule has 0 unspecified atom stereocenters. The van der Waals surface area contributed by atoms with Crippen LogP contribution in [0, 0.1) is 5.41 Å². The highest BCUT2D eigenvalue weighted by atomic mass is 16.3. The molecule has 11 heavy (non-hydrogen) atoms. The molecule has 0 aliphatic heterocycles. The monoisotopic (exact) mass is 157 g/mol. The first-order valence-electron chi connectivity index (χ1n) is 4.53. The van der Waals surface area contributed by atoms with Gasteiger partial charge in [0, 0.05) is 6.04 Å². The van der Waals surface area contributed by atoms with Crippen LogP contribution in [-0.2, 0) is 0 Å². The first-order valence-corrected chi connectivity index (χ1v) is 4.53. The van der Waals surface area contributed by atoms with E-state index >= 15 is 0 Å². The van der Waals surface area contributed by atoms with Crippen LogP contribution in [0.25, 0.3) is 0 Å². The molecule has 0 spiro atoms. The molecule has 0 saturated heterocycles. The molecule has 0 radical (unpaired) electrons. The Hall–Kier alpha value is -0.0800. The Morgan fingerprint density at radius 2 is 2.18 bits per heavy atom. The van der Waals surface area contributed by atoms with E-state index in [9.17, 15) is 0 Å². The van der Waals surface area contributed by atoms with E-state index in [1.165, 1.54) is 25.7 Å². The molecule has 1 rings (SSSR count). The predicted octanol–water partition coefficient (Wildman–Crippen LogP) is 1.28. The van der Waals surface area contributed by atoms with Crippen LogP contribution in [0.3, 0.4) is 0 Å². The maximum atomic E-state index is 8.70. The van der Waals surface area contributed by atoms with Gasteiger partial charge in [0.1, 0.15) is 0 Å². The fourth-order valence-electron chi connectivity index (χ4n) is 1.66. The van der Waals surface area contributed by atoms with Crippen molar-refractivity contribution in [1.82, 2.24) is 0 Å². The summed E-state index contributed by atoms with van der Waals surface area (Å²) in [6, 6.07) is 0.00687. The predicted molar refractivity (Wildman–Crippen MR) is 46.3 cm³/mol. The zero-order valence-electron chi connectivity index (χ0n) is 7.34. The molecule has 0 aromatic heterocycles. The van der Waals surface area contributed by atoms with Gasteiger partial charge in [-0.2, -0.15) is 0 Å². The van der Waals surface area contributed by atoms with E-state index in [1.807, 2.05) is 0 Å². The lowest BCUT2D eigenvalue weighted by Gasteiger charge is -2.39. The third-order valence-corrected chi connectivity index (χ3v) is 2.91. The van der Waals surface area contributed by atoms with E-state index in [1.54, 1.807) is 0 Å². The second-order valence-corrected chi connectivity index (χ2v) is 4.15. The SMILES string of the molecule is CC1(CC[C@@H](N)CO)CCC1. The second-order valence-electron chi connectivity index (χ2n) is 4.15. The molecule has 1 aliphatic carbocycles. The van der Waals surface area contributed by atoms with Gasteiger partial charge in [0.25, 0.3) is 0 Å². The van der Waals surface area contributed by atoms with Crippen molar-refractivity contribution in [3.05, 3.63) is 0 Å². The highest BCUT2D eigenvalue weighted by Gasteiger charge is 2.31. The molecule has 2 heteroatoms. The topological polar surface area (TPSA) is 46.2 Å². The molecule has 3 N–H and O–H groups in total. The molecule has 1 saturated carbocycles. The Balaban J connectivity index is 2.11. The van der Waals surface area contributed by atoms with Crippen LogP contribution in [0.5, 0.6) is 0 Å². The molecular formula is C9H19NO. The molecule has 0 bridgehead atoms. The van der Waals surface area contributed by atoms with Crippen molar-refractivity contribution in [2.75, 3.05) is 6.61 Å². The van der Waals surface area contributed by atoms with Gasteiger partial charge < -0.3 is 10.8 Å². The molecule has 66 valence electrons. The molecule has 0 amide bonds. The van der Waals surface area contributed by atoms with Crippen LogP contribution in [0.15, 0.2) is 0 Å². The summed E-state index contributed by atoms with van der Waals surface area (Å²) in [4.78, 5) is 0. The molecule has 0 aromatic rings. The summed E-state index contributed by atoms with van der Waals surface area (Å²) >= 11 is 0. The molecule has 0 heterocycles. The Labute approximate surface area is 68.8 Å². The largest absolute Gasteiger partial charge is 0.395 e. The highest BCUT2D eigenvalue weighted by Crippen LogP contribution is 2.44. The zero-order valence-corrected chi connectivity index (χ0v) is 7.34. The first-order chi connectivity index (χ1) is 5.16. The minimum Gasteiger partial charge on any atom is -0.395 e. The van der Waals surface area contributed by atoms with Gasteiger partial charge >= 0.3 is 0 Å². The number of nitrogens with two attached hydrogens (primary N) is 1. The van der Waals surface area contributed by atoms with Crippen molar-refractivity contribution < 1.29 is 5.11 Å². The number of aliphatic hydroxyl groups excluding tert-OH is 1. The highest BCUT2D eigenvalue weighted by molar-refractivity contribution is 4.84. The zero-order chi connectivity index (χ0) is 8.32. The van der Waals surface area contributed by atoms with Gasteiger partial charge in [-0.1, -0.05) is 13.3 Å². The van der Waals surface area contributed by atoms with Crippen LogP contribution in [0.1, 0.15) is 39.0 Å². The lowest BCUT2D eigenvalue weighted by atomic mass is 9.67. The number of hydrogen-bond donors (Lipinski definition) is 2. The summed E-state index contributed by atoms with van der Waals surface area (Å²) in [5.74, 6) is 0. The van der Waals surface area contributed by atoms with Crippen molar-refractivity contribution >= 4 is 0 Å². The Bertz CT molecular complexity index is 121. The quantitative estimate of drug-likeness (QED) is 0.645. The van der Waals surface area contributed by atoms with Gasteiger partial charge in [-0.05, 0) is 31.1 Å². The number of aliphatic hydroxyl groups is 1. The van der Waals surface area contributed by atoms with Gasteiger partial charge in [-0.3, -0.25) is 0 Å². The van der Waals surface area contributed by atoms with Crippen molar-refractivity contribution in [1.29, 1.82) is 0 Å². The Morgan fingerprint density at radius 3 is 2.55 bits per heavy atom. The van der Waals surface area contributed by atoms with Crippen LogP contribution in [0.2, 0.25) is 0 Å². The summed E-state index contributed by atoms with van der Waals surface area (Å²) in [5, 5.41) is 8.70. The molecule has 2 nitrogen and oxygen atoms in total. The third-order valence-electron chi connectivity index (χ3n) is 2.91. The van der Waals surface area contributed by atoms with Gasteiger partial charge in [0.05, 0.1) is 6.61 Å². The summed E-state index contributed by atoms with van der Waals surface area (Å²) in [6.45, 7) is 2.46. The average molecular weight is 157 g/mol. The molecule has 1 fully saturated rings. The maximum absolute atomic E-state index is 8.70. The van der Waals surface area contributed by atoms with Gasteiger partial charge in [-0.25, -0.2) is 0 Å². The summed E-state index contributed by atoms with van der Waals surface area (Å²) in [7, 11) is 0. The number of hydrogen-bond acceptors (Lipinski definition) is 2. The average Bonchev–Trinajstić information content (AvgIpc) is 1.96. The van der Waals surface area contributed by atoms with Crippen LogP contribution in [0.4, 0.5) is 0 Å². The van der Waals surface area contributed by atoms with E-state index in [4.69, 9.17) is 10.8 Å². The summed E-state index contributed by atoms with van der Waals surface area (Å²) < 4.78 is 0. The minimum atomic E-state index is 0.00687. The standard InChI is InChI=1S/C9H19NO/c1-9(4-2-5-9)6-3-8(10)7-11/h8,11H,2-7,10H2,1H3/t8-/m1/s1. The van der Waals surface area contributed by atoms with Crippen LogP contribution >= 0.6 is 0 Å². The molecule has 0 aromatic carbocycles. The Morgan fingerprint density at radius 1 is 1.55 bits per heavy atom. The fourth-order valence-corrected chi connectivity index (χ4v) is 1.66. The normalized spacial score (nSPS) is 24.3. The lowest BCUT2D eigenvalue weighted by Crippen LogP contribution is -2.31. The Kier molecular flexibility index (Phi) is 2.90. The minimum absolute atomic E-state index is 0.00687. The van der Waals surface area contributed by atoms with E-state index in [2.05, 4.69) is 6.92 Å². The van der Waals surface area contributed by atoms with Crippen molar-refractivity contribution in [2.24, 2.45) is 11.1 Å². The summed E-state index contributed by atoms with van der Waals surface area (Å²) in [6.07, 6.45) is 6.25. The summed E-state index contributed by atoms with van der Waals surface area (Å²) in [5.41, 5.74) is 6.17. The van der Waals surface area contributed by atoms with Crippen LogP contribution < -0.4 is 5.73 Å². The van der Waals surface area contributed by atoms with Crippen molar-refractivity contribution in [2.45, 2.75) is 45.1 Å². The lowest BCUT2D eigenvalue weighted by molar-refractivity contribution is 0.132. The molecular weight excluding hydrogens is 138 g/mol. The van der Waals surface area contributed by atoms with E-state index in [0.29, 0.717) is 5.41 Å². The maximum Gasteiger partial charge on any atom is 0.0582 e.